The minimum atomic E-state index is 0.278. The summed E-state index contributed by atoms with van der Waals surface area (Å²) in [5.41, 5.74) is 5.32. The predicted octanol–water partition coefficient (Wildman–Crippen LogP) is 3.05. The van der Waals surface area contributed by atoms with Gasteiger partial charge in [0.2, 0.25) is 0 Å². The Hall–Kier alpha value is -1.36. The van der Waals surface area contributed by atoms with Crippen molar-refractivity contribution in [2.75, 3.05) is 19.0 Å². The van der Waals surface area contributed by atoms with Crippen molar-refractivity contribution in [2.24, 2.45) is 5.73 Å². The van der Waals surface area contributed by atoms with Crippen LogP contribution in [0.4, 0.5) is 0 Å². The molecule has 0 fully saturated rings. The maximum Gasteiger partial charge on any atom is 0.162 e. The van der Waals surface area contributed by atoms with Gasteiger partial charge in [-0.05, 0) is 36.8 Å². The molecule has 2 rings (SSSR count). The highest BCUT2D eigenvalue weighted by molar-refractivity contribution is 7.99. The molecule has 3 N–H and O–H groups in total. The van der Waals surface area contributed by atoms with E-state index in [4.69, 9.17) is 20.6 Å². The van der Waals surface area contributed by atoms with Gasteiger partial charge in [-0.15, -0.1) is 11.8 Å². The molecule has 0 spiro atoms. The second-order valence-corrected chi connectivity index (χ2v) is 5.66. The first-order valence-electron chi connectivity index (χ1n) is 6.61. The third-order valence-electron chi connectivity index (χ3n) is 2.83. The SMILES string of the molecule is N=C(N)CCCCSc1ccc2c(c1)OCCCO2. The lowest BCUT2D eigenvalue weighted by Crippen LogP contribution is -2.08. The summed E-state index contributed by atoms with van der Waals surface area (Å²) >= 11 is 1.80. The van der Waals surface area contributed by atoms with Gasteiger partial charge in [0.1, 0.15) is 0 Å². The molecular formula is C14H20N2O2S. The Morgan fingerprint density at radius 1 is 1.21 bits per heavy atom. The van der Waals surface area contributed by atoms with Crippen molar-refractivity contribution in [2.45, 2.75) is 30.6 Å². The molecule has 0 radical (unpaired) electrons. The normalized spacial score (nSPS) is 13.9. The van der Waals surface area contributed by atoms with Gasteiger partial charge >= 0.3 is 0 Å². The van der Waals surface area contributed by atoms with Crippen molar-refractivity contribution in [3.05, 3.63) is 18.2 Å². The van der Waals surface area contributed by atoms with Gasteiger partial charge in [-0.2, -0.15) is 0 Å². The van der Waals surface area contributed by atoms with Gasteiger partial charge in [-0.25, -0.2) is 0 Å². The molecule has 0 unspecified atom stereocenters. The highest BCUT2D eigenvalue weighted by Gasteiger charge is 2.10. The van der Waals surface area contributed by atoms with Gasteiger partial charge < -0.3 is 15.2 Å². The van der Waals surface area contributed by atoms with E-state index < -0.39 is 0 Å². The van der Waals surface area contributed by atoms with E-state index in [0.717, 1.165) is 49.7 Å². The van der Waals surface area contributed by atoms with E-state index in [0.29, 0.717) is 6.42 Å². The summed E-state index contributed by atoms with van der Waals surface area (Å²) in [5, 5.41) is 7.16. The fourth-order valence-electron chi connectivity index (χ4n) is 1.84. The number of hydrogen-bond acceptors (Lipinski definition) is 4. The molecule has 0 amide bonds. The Bertz CT molecular complexity index is 437. The summed E-state index contributed by atoms with van der Waals surface area (Å²) < 4.78 is 11.3. The largest absolute Gasteiger partial charge is 0.490 e. The third-order valence-corrected chi connectivity index (χ3v) is 3.91. The van der Waals surface area contributed by atoms with Crippen molar-refractivity contribution in [3.8, 4) is 11.5 Å². The third kappa shape index (κ3) is 4.67. The van der Waals surface area contributed by atoms with Crippen LogP contribution in [0.5, 0.6) is 11.5 Å². The van der Waals surface area contributed by atoms with Gasteiger partial charge in [0, 0.05) is 17.7 Å². The second-order valence-electron chi connectivity index (χ2n) is 4.49. The summed E-state index contributed by atoms with van der Waals surface area (Å²) in [7, 11) is 0. The van der Waals surface area contributed by atoms with E-state index in [-0.39, 0.29) is 5.84 Å². The minimum absolute atomic E-state index is 0.278. The zero-order valence-electron chi connectivity index (χ0n) is 11.0. The van der Waals surface area contributed by atoms with Gasteiger partial charge in [-0.3, -0.25) is 5.41 Å². The molecule has 1 aromatic carbocycles. The number of amidine groups is 1. The van der Waals surface area contributed by atoms with Crippen LogP contribution in [-0.4, -0.2) is 24.8 Å². The average molecular weight is 280 g/mol. The Morgan fingerprint density at radius 3 is 2.79 bits per heavy atom. The first-order valence-corrected chi connectivity index (χ1v) is 7.59. The summed E-state index contributed by atoms with van der Waals surface area (Å²) in [6, 6.07) is 6.11. The number of thioether (sulfide) groups is 1. The molecule has 0 aromatic heterocycles. The second kappa shape index (κ2) is 7.28. The van der Waals surface area contributed by atoms with Crippen molar-refractivity contribution in [3.63, 3.8) is 0 Å². The highest BCUT2D eigenvalue weighted by Crippen LogP contribution is 2.34. The van der Waals surface area contributed by atoms with Crippen molar-refractivity contribution < 1.29 is 9.47 Å². The number of benzene rings is 1. The van der Waals surface area contributed by atoms with Crippen molar-refractivity contribution in [1.29, 1.82) is 5.41 Å². The maximum absolute atomic E-state index is 7.16. The number of rotatable bonds is 6. The first-order chi connectivity index (χ1) is 9.25. The standard InChI is InChI=1S/C14H20N2O2S/c15-14(16)4-1-2-9-19-11-5-6-12-13(10-11)18-8-3-7-17-12/h5-6,10H,1-4,7-9H2,(H3,15,16). The average Bonchev–Trinajstić information content (AvgIpc) is 2.62. The Labute approximate surface area is 118 Å². The van der Waals surface area contributed by atoms with E-state index in [9.17, 15) is 0 Å². The molecule has 0 saturated carbocycles. The highest BCUT2D eigenvalue weighted by atomic mass is 32.2. The summed E-state index contributed by atoms with van der Waals surface area (Å²) in [6.07, 6.45) is 3.68. The number of fused-ring (bicyclic) bond motifs is 1. The Morgan fingerprint density at radius 2 is 2.00 bits per heavy atom. The lowest BCUT2D eigenvalue weighted by atomic mass is 10.2. The fraction of sp³-hybridized carbons (Fsp3) is 0.500. The van der Waals surface area contributed by atoms with Gasteiger partial charge in [0.25, 0.3) is 0 Å². The number of hydrogen-bond donors (Lipinski definition) is 2. The molecule has 1 aliphatic heterocycles. The molecule has 104 valence electrons. The number of ether oxygens (including phenoxy) is 2. The molecule has 1 aromatic rings. The van der Waals surface area contributed by atoms with Crippen LogP contribution in [0.3, 0.4) is 0 Å². The maximum atomic E-state index is 7.16. The van der Waals surface area contributed by atoms with Gasteiger partial charge in [0.15, 0.2) is 11.5 Å². The molecule has 19 heavy (non-hydrogen) atoms. The summed E-state index contributed by atoms with van der Waals surface area (Å²) in [6.45, 7) is 1.45. The van der Waals surface area contributed by atoms with Crippen LogP contribution in [-0.2, 0) is 0 Å². The van der Waals surface area contributed by atoms with E-state index in [1.807, 2.05) is 6.07 Å². The molecule has 4 nitrogen and oxygen atoms in total. The van der Waals surface area contributed by atoms with Crippen LogP contribution in [0, 0.1) is 5.41 Å². The molecular weight excluding hydrogens is 260 g/mol. The topological polar surface area (TPSA) is 68.3 Å². The Balaban J connectivity index is 1.81. The van der Waals surface area contributed by atoms with Gasteiger partial charge in [0.05, 0.1) is 19.0 Å². The summed E-state index contributed by atoms with van der Waals surface area (Å²) in [5.74, 6) is 3.01. The number of nitrogens with two attached hydrogens (primary N) is 1. The fourth-order valence-corrected chi connectivity index (χ4v) is 2.78. The quantitative estimate of drug-likeness (QED) is 0.364. The van der Waals surface area contributed by atoms with Crippen molar-refractivity contribution >= 4 is 17.6 Å². The van der Waals surface area contributed by atoms with Crippen LogP contribution in [0.25, 0.3) is 0 Å². The zero-order valence-corrected chi connectivity index (χ0v) is 11.8. The van der Waals surface area contributed by atoms with Crippen LogP contribution >= 0.6 is 11.8 Å². The van der Waals surface area contributed by atoms with E-state index in [1.54, 1.807) is 11.8 Å². The lowest BCUT2D eigenvalue weighted by molar-refractivity contribution is 0.297. The molecule has 5 heteroatoms. The Kier molecular flexibility index (Phi) is 5.39. The van der Waals surface area contributed by atoms with Crippen LogP contribution in [0.2, 0.25) is 0 Å². The molecule has 0 saturated heterocycles. The number of nitrogens with one attached hydrogen (secondary N) is 1. The van der Waals surface area contributed by atoms with Crippen LogP contribution < -0.4 is 15.2 Å². The molecule has 0 aliphatic carbocycles. The molecule has 0 atom stereocenters. The molecule has 0 bridgehead atoms. The van der Waals surface area contributed by atoms with E-state index >= 15 is 0 Å². The predicted molar refractivity (Wildman–Crippen MR) is 78.5 cm³/mol. The molecule has 1 aliphatic rings. The van der Waals surface area contributed by atoms with Crippen LogP contribution in [0.15, 0.2) is 23.1 Å². The van der Waals surface area contributed by atoms with Crippen molar-refractivity contribution in [1.82, 2.24) is 0 Å². The monoisotopic (exact) mass is 280 g/mol. The van der Waals surface area contributed by atoms with E-state index in [2.05, 4.69) is 12.1 Å². The van der Waals surface area contributed by atoms with Gasteiger partial charge in [-0.1, -0.05) is 0 Å². The van der Waals surface area contributed by atoms with E-state index in [1.165, 1.54) is 4.90 Å². The molecule has 1 heterocycles. The number of unbranched alkanes of at least 4 members (excludes halogenated alkanes) is 1. The van der Waals surface area contributed by atoms with Crippen LogP contribution in [0.1, 0.15) is 25.7 Å². The lowest BCUT2D eigenvalue weighted by Gasteiger charge is -2.09. The zero-order chi connectivity index (χ0) is 13.5. The summed E-state index contributed by atoms with van der Waals surface area (Å²) in [4.78, 5) is 1.20. The first kappa shape index (κ1) is 14.1. The minimum Gasteiger partial charge on any atom is -0.490 e. The smallest absolute Gasteiger partial charge is 0.162 e.